The van der Waals surface area contributed by atoms with Crippen LogP contribution in [0.25, 0.3) is 0 Å². The highest BCUT2D eigenvalue weighted by molar-refractivity contribution is 5.70. The lowest BCUT2D eigenvalue weighted by molar-refractivity contribution is -0.275. The average Bonchev–Trinajstić information content (AvgIpc) is 2.20. The van der Waals surface area contributed by atoms with Crippen LogP contribution in [0.3, 0.4) is 0 Å². The van der Waals surface area contributed by atoms with E-state index in [0.717, 1.165) is 0 Å². The number of hydrogen-bond donors (Lipinski definition) is 2. The lowest BCUT2D eigenvalue weighted by Gasteiger charge is -2.14. The fraction of sp³-hybridized carbons (Fsp3) is 0.333. The number of ether oxygens (including phenoxy) is 1. The van der Waals surface area contributed by atoms with Crippen molar-refractivity contribution in [2.45, 2.75) is 19.5 Å². The Morgan fingerprint density at radius 3 is 2.50 bits per heavy atom. The molecule has 1 rings (SSSR count). The highest BCUT2D eigenvalue weighted by Gasteiger charge is 2.34. The zero-order chi connectivity index (χ0) is 13.9. The molecular weight excluding hydrogens is 262 g/mol. The van der Waals surface area contributed by atoms with Crippen LogP contribution in [0.15, 0.2) is 6.20 Å². The van der Waals surface area contributed by atoms with Crippen LogP contribution >= 0.6 is 0 Å². The Balaban J connectivity index is 3.25. The van der Waals surface area contributed by atoms with Gasteiger partial charge in [0.15, 0.2) is 11.5 Å². The van der Waals surface area contributed by atoms with Crippen LogP contribution in [0.2, 0.25) is 0 Å². The van der Waals surface area contributed by atoms with Gasteiger partial charge in [-0.2, -0.15) is 0 Å². The molecule has 0 aliphatic rings. The van der Waals surface area contributed by atoms with Gasteiger partial charge in [0.25, 0.3) is 0 Å². The molecule has 0 saturated carbocycles. The fourth-order valence-electron chi connectivity index (χ4n) is 1.22. The third kappa shape index (κ3) is 3.47. The van der Waals surface area contributed by atoms with Crippen LogP contribution in [0.1, 0.15) is 11.3 Å². The number of aromatic hydroxyl groups is 1. The highest BCUT2D eigenvalue weighted by atomic mass is 19.4. The van der Waals surface area contributed by atoms with Crippen LogP contribution in [0, 0.1) is 0 Å². The minimum Gasteiger partial charge on any atom is -0.503 e. The van der Waals surface area contributed by atoms with Gasteiger partial charge in [0.1, 0.15) is 6.67 Å². The van der Waals surface area contributed by atoms with Crippen LogP contribution in [0.5, 0.6) is 11.5 Å². The quantitative estimate of drug-likeness (QED) is 0.814. The van der Waals surface area contributed by atoms with Crippen molar-refractivity contribution in [3.05, 3.63) is 17.5 Å². The number of alkyl halides is 4. The summed E-state index contributed by atoms with van der Waals surface area (Å²) < 4.78 is 52.2. The lowest BCUT2D eigenvalue weighted by Crippen LogP contribution is -2.19. The smallest absolute Gasteiger partial charge is 0.503 e. The molecule has 0 amide bonds. The second kappa shape index (κ2) is 5.07. The largest absolute Gasteiger partial charge is 0.573 e. The van der Waals surface area contributed by atoms with E-state index >= 15 is 0 Å². The molecule has 18 heavy (non-hydrogen) atoms. The first-order valence-electron chi connectivity index (χ1n) is 4.47. The van der Waals surface area contributed by atoms with Crippen molar-refractivity contribution in [3.63, 3.8) is 0 Å². The summed E-state index contributed by atoms with van der Waals surface area (Å²) in [5, 5.41) is 17.6. The molecule has 9 heteroatoms. The number of pyridine rings is 1. The Hall–Kier alpha value is -2.06. The minimum absolute atomic E-state index is 0.443. The summed E-state index contributed by atoms with van der Waals surface area (Å²) in [6.45, 7) is -1.45. The van der Waals surface area contributed by atoms with E-state index in [1.54, 1.807) is 0 Å². The molecule has 0 spiro atoms. The van der Waals surface area contributed by atoms with Crippen molar-refractivity contribution in [2.24, 2.45) is 0 Å². The molecule has 0 radical (unpaired) electrons. The van der Waals surface area contributed by atoms with Crippen molar-refractivity contribution in [1.29, 1.82) is 0 Å². The first kappa shape index (κ1) is 14.0. The summed E-state index contributed by atoms with van der Waals surface area (Å²) in [5.41, 5.74) is -1.18. The van der Waals surface area contributed by atoms with Gasteiger partial charge in [-0.15, -0.1) is 13.2 Å². The Kier molecular flexibility index (Phi) is 3.94. The molecule has 100 valence electrons. The third-order valence-corrected chi connectivity index (χ3v) is 1.87. The summed E-state index contributed by atoms with van der Waals surface area (Å²) >= 11 is 0. The second-order valence-corrected chi connectivity index (χ2v) is 3.15. The molecule has 5 nitrogen and oxygen atoms in total. The molecule has 0 aromatic carbocycles. The van der Waals surface area contributed by atoms with Crippen LogP contribution < -0.4 is 4.74 Å². The number of aliphatic carboxylic acids is 1. The number of nitrogens with zero attached hydrogens (tertiary/aromatic N) is 1. The van der Waals surface area contributed by atoms with E-state index < -0.39 is 48.2 Å². The summed E-state index contributed by atoms with van der Waals surface area (Å²) in [6.07, 6.45) is -5.35. The number of hydrogen-bond acceptors (Lipinski definition) is 4. The van der Waals surface area contributed by atoms with E-state index in [1.165, 1.54) is 0 Å². The second-order valence-electron chi connectivity index (χ2n) is 3.15. The predicted octanol–water partition coefficient (Wildman–Crippen LogP) is 1.78. The van der Waals surface area contributed by atoms with Crippen molar-refractivity contribution in [3.8, 4) is 11.5 Å². The maximum Gasteiger partial charge on any atom is 0.573 e. The summed E-state index contributed by atoms with van der Waals surface area (Å²) in [4.78, 5) is 13.8. The minimum atomic E-state index is -5.14. The fourth-order valence-corrected chi connectivity index (χ4v) is 1.22. The van der Waals surface area contributed by atoms with E-state index in [0.29, 0.717) is 6.20 Å². The number of rotatable bonds is 4. The predicted molar refractivity (Wildman–Crippen MR) is 48.7 cm³/mol. The van der Waals surface area contributed by atoms with Gasteiger partial charge in [-0.25, -0.2) is 4.39 Å². The van der Waals surface area contributed by atoms with Gasteiger partial charge >= 0.3 is 12.3 Å². The molecule has 0 unspecified atom stereocenters. The molecule has 0 aliphatic heterocycles. The number of aromatic nitrogens is 1. The zero-order valence-corrected chi connectivity index (χ0v) is 8.66. The van der Waals surface area contributed by atoms with E-state index in [9.17, 15) is 22.4 Å². The van der Waals surface area contributed by atoms with Crippen molar-refractivity contribution in [2.75, 3.05) is 0 Å². The van der Waals surface area contributed by atoms with Crippen LogP contribution in [-0.4, -0.2) is 27.5 Å². The standard InChI is InChI=1S/C9H7F4NO4/c10-2-4-5(1-7(16)17)14-3-6(15)8(4)18-9(11,12)13/h3,15H,1-2H2,(H,16,17). The van der Waals surface area contributed by atoms with Crippen molar-refractivity contribution in [1.82, 2.24) is 4.98 Å². The number of halogens is 4. The summed E-state index contributed by atoms with van der Waals surface area (Å²) in [6, 6.07) is 0. The maximum absolute atomic E-state index is 12.7. The molecular formula is C9H7F4NO4. The van der Waals surface area contributed by atoms with E-state index in [4.69, 9.17) is 10.2 Å². The SMILES string of the molecule is O=C(O)Cc1ncc(O)c(OC(F)(F)F)c1CF. The van der Waals surface area contributed by atoms with Crippen LogP contribution in [0.4, 0.5) is 17.6 Å². The Bertz CT molecular complexity index is 461. The number of carbonyl (C=O) groups is 1. The lowest BCUT2D eigenvalue weighted by atomic mass is 10.1. The van der Waals surface area contributed by atoms with E-state index in [2.05, 4.69) is 9.72 Å². The molecule has 1 aromatic rings. The van der Waals surface area contributed by atoms with Gasteiger partial charge in [-0.3, -0.25) is 9.78 Å². The van der Waals surface area contributed by atoms with E-state index in [-0.39, 0.29) is 0 Å². The summed E-state index contributed by atoms with van der Waals surface area (Å²) in [5.74, 6) is -3.59. The molecule has 0 fully saturated rings. The summed E-state index contributed by atoms with van der Waals surface area (Å²) in [7, 11) is 0. The van der Waals surface area contributed by atoms with Gasteiger partial charge in [0.05, 0.1) is 23.9 Å². The Morgan fingerprint density at radius 2 is 2.06 bits per heavy atom. The van der Waals surface area contributed by atoms with Gasteiger partial charge in [0, 0.05) is 0 Å². The Labute approximate surface area is 97.6 Å². The molecule has 1 aromatic heterocycles. The van der Waals surface area contributed by atoms with Gasteiger partial charge in [0.2, 0.25) is 0 Å². The van der Waals surface area contributed by atoms with Crippen molar-refractivity contribution >= 4 is 5.97 Å². The van der Waals surface area contributed by atoms with Gasteiger partial charge in [-0.05, 0) is 0 Å². The Morgan fingerprint density at radius 1 is 1.44 bits per heavy atom. The first-order valence-corrected chi connectivity index (χ1v) is 4.47. The van der Waals surface area contributed by atoms with Crippen LogP contribution in [-0.2, 0) is 17.9 Å². The molecule has 1 heterocycles. The molecule has 0 atom stereocenters. The van der Waals surface area contributed by atoms with Gasteiger partial charge in [-0.1, -0.05) is 0 Å². The molecule has 0 bridgehead atoms. The molecule has 2 N–H and O–H groups in total. The zero-order valence-electron chi connectivity index (χ0n) is 8.66. The highest BCUT2D eigenvalue weighted by Crippen LogP contribution is 2.36. The first-order chi connectivity index (χ1) is 8.24. The molecule has 0 aliphatic carbocycles. The number of carboxylic acid groups (broad SMARTS) is 1. The molecule has 0 saturated heterocycles. The average molecular weight is 269 g/mol. The normalized spacial score (nSPS) is 11.3. The number of carboxylic acids is 1. The van der Waals surface area contributed by atoms with E-state index in [1.807, 2.05) is 0 Å². The topological polar surface area (TPSA) is 79.7 Å². The third-order valence-electron chi connectivity index (χ3n) is 1.87. The van der Waals surface area contributed by atoms with Gasteiger partial charge < -0.3 is 14.9 Å². The maximum atomic E-state index is 12.7. The van der Waals surface area contributed by atoms with Crippen molar-refractivity contribution < 1.29 is 37.3 Å². The monoisotopic (exact) mass is 269 g/mol.